The molecule has 1 fully saturated rings. The predicted octanol–water partition coefficient (Wildman–Crippen LogP) is 1.61. The maximum Gasteiger partial charge on any atom is 0.191 e. The van der Waals surface area contributed by atoms with Gasteiger partial charge in [-0.05, 0) is 18.4 Å². The summed E-state index contributed by atoms with van der Waals surface area (Å²) in [6.07, 6.45) is 0. The van der Waals surface area contributed by atoms with Crippen LogP contribution in [-0.4, -0.2) is 70.6 Å². The van der Waals surface area contributed by atoms with Crippen LogP contribution in [0.2, 0.25) is 0 Å². The third-order valence-electron chi connectivity index (χ3n) is 4.60. The summed E-state index contributed by atoms with van der Waals surface area (Å²) in [6.45, 7) is 7.92. The van der Waals surface area contributed by atoms with Crippen molar-refractivity contribution in [1.82, 2.24) is 15.5 Å². The SMILES string of the molecule is CN=C(NCCN1CCS(=O)(=O)CC1)NCC(C)c1ccc(C)cc1.I. The van der Waals surface area contributed by atoms with Crippen LogP contribution < -0.4 is 10.6 Å². The standard InChI is InChI=1S/C18H30N4O2S.HI/c1-15-4-6-17(7-5-15)16(2)14-21-18(19-3)20-8-9-22-10-12-25(23,24)13-11-22;/h4-7,16H,8-14H2,1-3H3,(H2,19,20,21);1H. The number of hydrogen-bond donors (Lipinski definition) is 2. The number of aryl methyl sites for hydroxylation is 1. The Morgan fingerprint density at radius 1 is 1.19 bits per heavy atom. The van der Waals surface area contributed by atoms with Crippen LogP contribution in [0.4, 0.5) is 0 Å². The van der Waals surface area contributed by atoms with Crippen LogP contribution in [-0.2, 0) is 9.84 Å². The number of aliphatic imine (C=N–C) groups is 1. The molecule has 0 aromatic heterocycles. The number of halogens is 1. The van der Waals surface area contributed by atoms with Gasteiger partial charge in [0.2, 0.25) is 0 Å². The van der Waals surface area contributed by atoms with Crippen molar-refractivity contribution in [2.24, 2.45) is 4.99 Å². The minimum absolute atomic E-state index is 0. The normalized spacial score (nSPS) is 18.7. The van der Waals surface area contributed by atoms with Crippen LogP contribution in [0.15, 0.2) is 29.3 Å². The molecular weight excluding hydrogens is 463 g/mol. The van der Waals surface area contributed by atoms with Crippen molar-refractivity contribution in [1.29, 1.82) is 0 Å². The Bertz CT molecular complexity index is 663. The molecule has 1 unspecified atom stereocenters. The van der Waals surface area contributed by atoms with Crippen molar-refractivity contribution in [3.63, 3.8) is 0 Å². The topological polar surface area (TPSA) is 73.8 Å². The smallest absolute Gasteiger partial charge is 0.191 e. The highest BCUT2D eigenvalue weighted by Gasteiger charge is 2.20. The number of benzene rings is 1. The zero-order valence-electron chi connectivity index (χ0n) is 15.9. The number of guanidine groups is 1. The zero-order chi connectivity index (χ0) is 18.3. The minimum atomic E-state index is -2.81. The lowest BCUT2D eigenvalue weighted by atomic mass is 10.0. The lowest BCUT2D eigenvalue weighted by molar-refractivity contribution is 0.299. The molecule has 2 rings (SSSR count). The summed E-state index contributed by atoms with van der Waals surface area (Å²) in [5.41, 5.74) is 2.58. The Balaban J connectivity index is 0.00000338. The summed E-state index contributed by atoms with van der Waals surface area (Å²) in [5, 5.41) is 6.66. The molecule has 148 valence electrons. The monoisotopic (exact) mass is 494 g/mol. The lowest BCUT2D eigenvalue weighted by Gasteiger charge is -2.26. The summed E-state index contributed by atoms with van der Waals surface area (Å²) in [4.78, 5) is 6.43. The fourth-order valence-corrected chi connectivity index (χ4v) is 4.07. The number of nitrogens with one attached hydrogen (secondary N) is 2. The Hall–Kier alpha value is -0.870. The molecule has 8 heteroatoms. The van der Waals surface area contributed by atoms with Gasteiger partial charge < -0.3 is 10.6 Å². The quantitative estimate of drug-likeness (QED) is 0.357. The van der Waals surface area contributed by atoms with Gasteiger partial charge in [0.05, 0.1) is 11.5 Å². The van der Waals surface area contributed by atoms with E-state index in [1.807, 2.05) is 0 Å². The molecule has 1 aliphatic heterocycles. The van der Waals surface area contributed by atoms with E-state index in [4.69, 9.17) is 0 Å². The third kappa shape index (κ3) is 7.79. The van der Waals surface area contributed by atoms with Crippen molar-refractivity contribution >= 4 is 39.8 Å². The fraction of sp³-hybridized carbons (Fsp3) is 0.611. The molecule has 1 aliphatic rings. The molecule has 6 nitrogen and oxygen atoms in total. The summed E-state index contributed by atoms with van der Waals surface area (Å²) >= 11 is 0. The maximum atomic E-state index is 11.4. The lowest BCUT2D eigenvalue weighted by Crippen LogP contribution is -2.46. The molecule has 0 aliphatic carbocycles. The Kier molecular flexibility index (Phi) is 9.88. The van der Waals surface area contributed by atoms with Gasteiger partial charge >= 0.3 is 0 Å². The van der Waals surface area contributed by atoms with Gasteiger partial charge in [-0.15, -0.1) is 24.0 Å². The predicted molar refractivity (Wildman–Crippen MR) is 119 cm³/mol. The molecule has 1 atom stereocenters. The second-order valence-electron chi connectivity index (χ2n) is 6.69. The van der Waals surface area contributed by atoms with Crippen LogP contribution in [0.1, 0.15) is 24.0 Å². The fourth-order valence-electron chi connectivity index (χ4n) is 2.79. The molecule has 0 radical (unpaired) electrons. The molecule has 1 saturated heterocycles. The second-order valence-corrected chi connectivity index (χ2v) is 8.99. The van der Waals surface area contributed by atoms with Crippen molar-refractivity contribution in [3.05, 3.63) is 35.4 Å². The van der Waals surface area contributed by atoms with Gasteiger partial charge in [0.1, 0.15) is 0 Å². The van der Waals surface area contributed by atoms with Gasteiger partial charge in [-0.2, -0.15) is 0 Å². The molecule has 0 spiro atoms. The summed E-state index contributed by atoms with van der Waals surface area (Å²) in [7, 11) is -1.04. The highest BCUT2D eigenvalue weighted by atomic mass is 127. The van der Waals surface area contributed by atoms with E-state index >= 15 is 0 Å². The Morgan fingerprint density at radius 2 is 1.81 bits per heavy atom. The molecular formula is C18H31IN4O2S. The molecule has 0 amide bonds. The van der Waals surface area contributed by atoms with Crippen LogP contribution in [0.5, 0.6) is 0 Å². The number of sulfone groups is 1. The number of hydrogen-bond acceptors (Lipinski definition) is 4. The van der Waals surface area contributed by atoms with E-state index in [0.717, 1.165) is 25.6 Å². The number of nitrogens with zero attached hydrogens (tertiary/aromatic N) is 2. The number of rotatable bonds is 6. The van der Waals surface area contributed by atoms with E-state index in [2.05, 4.69) is 58.6 Å². The molecule has 0 bridgehead atoms. The van der Waals surface area contributed by atoms with Gasteiger partial charge in [-0.1, -0.05) is 36.8 Å². The van der Waals surface area contributed by atoms with Crippen molar-refractivity contribution in [3.8, 4) is 0 Å². The first-order chi connectivity index (χ1) is 11.9. The average molecular weight is 494 g/mol. The van der Waals surface area contributed by atoms with Crippen LogP contribution in [0.25, 0.3) is 0 Å². The molecule has 26 heavy (non-hydrogen) atoms. The summed E-state index contributed by atoms with van der Waals surface area (Å²) in [5.74, 6) is 1.72. The molecule has 1 heterocycles. The third-order valence-corrected chi connectivity index (χ3v) is 6.21. The van der Waals surface area contributed by atoms with Crippen LogP contribution >= 0.6 is 24.0 Å². The van der Waals surface area contributed by atoms with Gasteiger partial charge in [0.25, 0.3) is 0 Å². The van der Waals surface area contributed by atoms with Crippen molar-refractivity contribution in [2.45, 2.75) is 19.8 Å². The minimum Gasteiger partial charge on any atom is -0.356 e. The first-order valence-electron chi connectivity index (χ1n) is 8.83. The van der Waals surface area contributed by atoms with Gasteiger partial charge in [-0.3, -0.25) is 9.89 Å². The largest absolute Gasteiger partial charge is 0.356 e. The van der Waals surface area contributed by atoms with E-state index in [0.29, 0.717) is 19.0 Å². The first kappa shape index (κ1) is 23.2. The average Bonchev–Trinajstić information content (AvgIpc) is 2.59. The molecule has 1 aromatic rings. The van der Waals surface area contributed by atoms with E-state index < -0.39 is 9.84 Å². The van der Waals surface area contributed by atoms with E-state index in [9.17, 15) is 8.42 Å². The van der Waals surface area contributed by atoms with Crippen LogP contribution in [0.3, 0.4) is 0 Å². The maximum absolute atomic E-state index is 11.4. The highest BCUT2D eigenvalue weighted by Crippen LogP contribution is 2.14. The van der Waals surface area contributed by atoms with Crippen molar-refractivity contribution in [2.75, 3.05) is 51.3 Å². The highest BCUT2D eigenvalue weighted by molar-refractivity contribution is 14.0. The van der Waals surface area contributed by atoms with Gasteiger partial charge in [-0.25, -0.2) is 8.42 Å². The zero-order valence-corrected chi connectivity index (χ0v) is 19.0. The molecule has 2 N–H and O–H groups in total. The van der Waals surface area contributed by atoms with E-state index in [-0.39, 0.29) is 35.5 Å². The van der Waals surface area contributed by atoms with Crippen LogP contribution in [0, 0.1) is 6.92 Å². The molecule has 0 saturated carbocycles. The Morgan fingerprint density at radius 3 is 2.38 bits per heavy atom. The summed E-state index contributed by atoms with van der Waals surface area (Å²) in [6, 6.07) is 8.61. The van der Waals surface area contributed by atoms with E-state index in [1.54, 1.807) is 7.05 Å². The van der Waals surface area contributed by atoms with Gasteiger partial charge in [0, 0.05) is 39.8 Å². The summed E-state index contributed by atoms with van der Waals surface area (Å²) < 4.78 is 22.9. The van der Waals surface area contributed by atoms with E-state index in [1.165, 1.54) is 11.1 Å². The first-order valence-corrected chi connectivity index (χ1v) is 10.7. The molecule has 1 aromatic carbocycles. The second kappa shape index (κ2) is 11.1. The Labute approximate surface area is 174 Å². The van der Waals surface area contributed by atoms with Crippen molar-refractivity contribution < 1.29 is 8.42 Å². The van der Waals surface area contributed by atoms with Gasteiger partial charge in [0.15, 0.2) is 15.8 Å².